The monoisotopic (exact) mass is 332 g/mol. The van der Waals surface area contributed by atoms with Crippen LogP contribution >= 0.6 is 0 Å². The Kier molecular flexibility index (Phi) is 3.42. The molecule has 7 heteroatoms. The number of carbonyl (C=O) groups excluding carboxylic acids is 2. The zero-order valence-electron chi connectivity index (χ0n) is 13.2. The lowest BCUT2D eigenvalue weighted by Crippen LogP contribution is -2.50. The maximum Gasteiger partial charge on any atom is 0.238 e. The number of aliphatic hydroxyl groups is 1. The van der Waals surface area contributed by atoms with Crippen LogP contribution in [0, 0.1) is 5.41 Å². The number of carbonyl (C=O) groups is 2. The summed E-state index contributed by atoms with van der Waals surface area (Å²) in [6.07, 6.45) is 0.965. The molecule has 128 valence electrons. The van der Waals surface area contributed by atoms with E-state index in [1.807, 2.05) is 18.2 Å². The number of rotatable bonds is 3. The van der Waals surface area contributed by atoms with E-state index in [0.717, 1.165) is 5.56 Å². The molecule has 0 bridgehead atoms. The minimum absolute atomic E-state index is 0.0766. The van der Waals surface area contributed by atoms with Gasteiger partial charge in [-0.25, -0.2) is 0 Å². The summed E-state index contributed by atoms with van der Waals surface area (Å²) in [5.41, 5.74) is 5.32. The molecule has 1 aliphatic carbocycles. The number of β-amino-alcohol motifs (C(OH)–C–C–N with tert-alkyl or cyclic N) is 1. The van der Waals surface area contributed by atoms with Crippen LogP contribution in [0.25, 0.3) is 0 Å². The molecule has 0 radical (unpaired) electrons. The van der Waals surface area contributed by atoms with Crippen LogP contribution in [0.4, 0.5) is 0 Å². The third-order valence-corrected chi connectivity index (χ3v) is 5.32. The van der Waals surface area contributed by atoms with Crippen LogP contribution in [0.15, 0.2) is 18.2 Å². The van der Waals surface area contributed by atoms with Gasteiger partial charge in [-0.1, -0.05) is 6.07 Å². The molecule has 7 nitrogen and oxygen atoms in total. The van der Waals surface area contributed by atoms with Gasteiger partial charge >= 0.3 is 0 Å². The van der Waals surface area contributed by atoms with Crippen molar-refractivity contribution >= 4 is 11.8 Å². The Morgan fingerprint density at radius 1 is 1.25 bits per heavy atom. The van der Waals surface area contributed by atoms with Crippen molar-refractivity contribution in [3.8, 4) is 11.5 Å². The number of benzene rings is 1. The van der Waals surface area contributed by atoms with Gasteiger partial charge in [0.1, 0.15) is 5.41 Å². The molecule has 1 aromatic carbocycles. The molecule has 2 atom stereocenters. The van der Waals surface area contributed by atoms with Crippen LogP contribution in [0.3, 0.4) is 0 Å². The first kappa shape index (κ1) is 15.3. The maximum absolute atomic E-state index is 12.5. The number of piperidine rings is 1. The smallest absolute Gasteiger partial charge is 0.238 e. The number of amides is 2. The molecule has 24 heavy (non-hydrogen) atoms. The molecule has 1 aromatic rings. The van der Waals surface area contributed by atoms with Gasteiger partial charge in [0.2, 0.25) is 18.6 Å². The molecular weight excluding hydrogens is 312 g/mol. The molecule has 0 unspecified atom stereocenters. The molecule has 2 heterocycles. The van der Waals surface area contributed by atoms with Gasteiger partial charge in [0.25, 0.3) is 0 Å². The summed E-state index contributed by atoms with van der Waals surface area (Å²) in [4.78, 5) is 25.6. The third kappa shape index (κ3) is 2.31. The number of nitrogens with zero attached hydrogens (tertiary/aromatic N) is 1. The summed E-state index contributed by atoms with van der Waals surface area (Å²) in [6.45, 7) is 0.931. The fourth-order valence-electron chi connectivity index (χ4n) is 3.64. The predicted octanol–water partition coefficient (Wildman–Crippen LogP) is 0.358. The lowest BCUT2D eigenvalue weighted by atomic mass is 9.86. The largest absolute Gasteiger partial charge is 0.454 e. The number of ether oxygens (including phenoxy) is 2. The Balaban J connectivity index is 1.47. The summed E-state index contributed by atoms with van der Waals surface area (Å²) in [6, 6.07) is 5.65. The van der Waals surface area contributed by atoms with E-state index >= 15 is 0 Å². The lowest BCUT2D eigenvalue weighted by molar-refractivity contribution is -0.145. The van der Waals surface area contributed by atoms with Gasteiger partial charge in [0, 0.05) is 19.0 Å². The molecule has 3 aliphatic rings. The number of hydrogen-bond donors (Lipinski definition) is 2. The predicted molar refractivity (Wildman–Crippen MR) is 83.4 cm³/mol. The van der Waals surface area contributed by atoms with Crippen LogP contribution in [-0.4, -0.2) is 47.8 Å². The Labute approximate surface area is 139 Å². The van der Waals surface area contributed by atoms with E-state index in [4.69, 9.17) is 15.2 Å². The molecular formula is C17H20N2O5. The number of fused-ring (bicyclic) bond motifs is 1. The second-order valence-corrected chi connectivity index (χ2v) is 6.77. The summed E-state index contributed by atoms with van der Waals surface area (Å²) >= 11 is 0. The highest BCUT2D eigenvalue weighted by Crippen LogP contribution is 2.47. The number of hydrogen-bond acceptors (Lipinski definition) is 5. The summed E-state index contributed by atoms with van der Waals surface area (Å²) in [5.74, 6) is 0.521. The Hall–Kier alpha value is -2.28. The van der Waals surface area contributed by atoms with Gasteiger partial charge in [0.05, 0.1) is 6.10 Å². The van der Waals surface area contributed by atoms with Gasteiger partial charge in [0.15, 0.2) is 11.5 Å². The maximum atomic E-state index is 12.5. The lowest BCUT2D eigenvalue weighted by Gasteiger charge is -2.37. The van der Waals surface area contributed by atoms with Crippen molar-refractivity contribution in [3.63, 3.8) is 0 Å². The first-order valence-corrected chi connectivity index (χ1v) is 8.18. The van der Waals surface area contributed by atoms with Gasteiger partial charge in [-0.15, -0.1) is 0 Å². The van der Waals surface area contributed by atoms with Crippen LogP contribution in [0.5, 0.6) is 11.5 Å². The quantitative estimate of drug-likeness (QED) is 0.778. The highest BCUT2D eigenvalue weighted by molar-refractivity contribution is 6.07. The molecule has 3 N–H and O–H groups in total. The van der Waals surface area contributed by atoms with E-state index in [9.17, 15) is 14.7 Å². The molecule has 0 spiro atoms. The standard InChI is InChI=1S/C17H20N2O5/c18-15(21)17(4-5-17)16(22)19-6-3-11(12(20)8-19)10-1-2-13-14(7-10)24-9-23-13/h1-2,7,11-12,20H,3-6,8-9H2,(H2,18,21)/t11-,12+/m1/s1. The SMILES string of the molecule is NC(=O)C1(C(=O)N2CC[C@H](c3ccc4c(c3)OCO4)[C@@H](O)C2)CC1. The van der Waals surface area contributed by atoms with Crippen molar-refractivity contribution in [2.45, 2.75) is 31.3 Å². The van der Waals surface area contributed by atoms with Gasteiger partial charge in [-0.3, -0.25) is 9.59 Å². The topological polar surface area (TPSA) is 102 Å². The first-order valence-electron chi connectivity index (χ1n) is 8.18. The van der Waals surface area contributed by atoms with Crippen LogP contribution in [0.1, 0.15) is 30.7 Å². The number of likely N-dealkylation sites (tertiary alicyclic amines) is 1. The zero-order valence-corrected chi connectivity index (χ0v) is 13.2. The fourth-order valence-corrected chi connectivity index (χ4v) is 3.64. The van der Waals surface area contributed by atoms with Crippen molar-refractivity contribution in [2.24, 2.45) is 11.1 Å². The van der Waals surface area contributed by atoms with E-state index in [1.165, 1.54) is 0 Å². The minimum Gasteiger partial charge on any atom is -0.454 e. The van der Waals surface area contributed by atoms with Crippen molar-refractivity contribution in [1.82, 2.24) is 4.90 Å². The van der Waals surface area contributed by atoms with E-state index in [1.54, 1.807) is 4.90 Å². The van der Waals surface area contributed by atoms with Gasteiger partial charge in [-0.05, 0) is 37.0 Å². The number of primary amides is 1. The van der Waals surface area contributed by atoms with E-state index in [2.05, 4.69) is 0 Å². The van der Waals surface area contributed by atoms with Crippen molar-refractivity contribution in [1.29, 1.82) is 0 Å². The Bertz CT molecular complexity index is 700. The molecule has 1 saturated heterocycles. The second kappa shape index (κ2) is 5.37. The zero-order chi connectivity index (χ0) is 16.9. The molecule has 2 amide bonds. The molecule has 2 aliphatic heterocycles. The minimum atomic E-state index is -1.02. The summed E-state index contributed by atoms with van der Waals surface area (Å²) < 4.78 is 10.7. The fraction of sp³-hybridized carbons (Fsp3) is 0.529. The molecule has 4 rings (SSSR count). The molecule has 2 fully saturated rings. The third-order valence-electron chi connectivity index (χ3n) is 5.32. The van der Waals surface area contributed by atoms with E-state index in [-0.39, 0.29) is 25.2 Å². The average Bonchev–Trinajstić information content (AvgIpc) is 3.26. The van der Waals surface area contributed by atoms with Gasteiger partial charge in [-0.2, -0.15) is 0 Å². The summed E-state index contributed by atoms with van der Waals surface area (Å²) in [7, 11) is 0. The summed E-state index contributed by atoms with van der Waals surface area (Å²) in [5, 5.41) is 10.5. The Morgan fingerprint density at radius 3 is 2.67 bits per heavy atom. The van der Waals surface area contributed by atoms with Crippen molar-refractivity contribution < 1.29 is 24.2 Å². The molecule has 0 aromatic heterocycles. The first-order chi connectivity index (χ1) is 11.5. The van der Waals surface area contributed by atoms with Gasteiger partial charge < -0.3 is 25.2 Å². The van der Waals surface area contributed by atoms with E-state index in [0.29, 0.717) is 37.3 Å². The van der Waals surface area contributed by atoms with Crippen molar-refractivity contribution in [3.05, 3.63) is 23.8 Å². The second-order valence-electron chi connectivity index (χ2n) is 6.77. The molecule has 1 saturated carbocycles. The van der Waals surface area contributed by atoms with Crippen LogP contribution in [0.2, 0.25) is 0 Å². The van der Waals surface area contributed by atoms with Crippen LogP contribution in [-0.2, 0) is 9.59 Å². The van der Waals surface area contributed by atoms with Crippen LogP contribution < -0.4 is 15.2 Å². The highest BCUT2D eigenvalue weighted by atomic mass is 16.7. The number of aliphatic hydroxyl groups excluding tert-OH is 1. The normalized spacial score (nSPS) is 27.0. The number of nitrogens with two attached hydrogens (primary N) is 1. The highest BCUT2D eigenvalue weighted by Gasteiger charge is 2.57. The van der Waals surface area contributed by atoms with Crippen molar-refractivity contribution in [2.75, 3.05) is 19.9 Å². The average molecular weight is 332 g/mol. The Morgan fingerprint density at radius 2 is 2.00 bits per heavy atom. The van der Waals surface area contributed by atoms with E-state index < -0.39 is 17.4 Å².